The summed E-state index contributed by atoms with van der Waals surface area (Å²) in [5.74, 6) is 5.93. The molecule has 0 radical (unpaired) electrons. The molecule has 1 aromatic rings. The minimum atomic E-state index is -0.480. The van der Waals surface area contributed by atoms with Crippen molar-refractivity contribution in [3.05, 3.63) is 22.2 Å². The second kappa shape index (κ2) is 5.15. The summed E-state index contributed by atoms with van der Waals surface area (Å²) in [5, 5.41) is 13.9. The van der Waals surface area contributed by atoms with Gasteiger partial charge in [-0.25, -0.2) is 10.8 Å². The van der Waals surface area contributed by atoms with Gasteiger partial charge in [-0.05, 0) is 12.8 Å². The van der Waals surface area contributed by atoms with E-state index < -0.39 is 4.92 Å². The highest BCUT2D eigenvalue weighted by molar-refractivity contribution is 5.54. The van der Waals surface area contributed by atoms with E-state index in [4.69, 9.17) is 10.6 Å². The summed E-state index contributed by atoms with van der Waals surface area (Å²) in [6, 6.07) is 2.90. The molecule has 98 valence electrons. The lowest BCUT2D eigenvalue weighted by molar-refractivity contribution is -0.384. The van der Waals surface area contributed by atoms with E-state index in [0.717, 1.165) is 12.8 Å². The van der Waals surface area contributed by atoms with Gasteiger partial charge in [0, 0.05) is 13.2 Å². The highest BCUT2D eigenvalue weighted by atomic mass is 16.6. The van der Waals surface area contributed by atoms with E-state index in [1.807, 2.05) is 0 Å². The maximum atomic E-state index is 10.8. The number of nitro groups is 1. The van der Waals surface area contributed by atoms with Gasteiger partial charge in [0.05, 0.1) is 23.2 Å². The second-order valence-electron chi connectivity index (χ2n) is 4.17. The summed E-state index contributed by atoms with van der Waals surface area (Å²) in [6.45, 7) is 0. The molecular weight excluding hydrogens is 238 g/mol. The van der Waals surface area contributed by atoms with Crippen LogP contribution in [-0.4, -0.2) is 29.2 Å². The predicted octanol–water partition coefficient (Wildman–Crippen LogP) is 0.865. The number of anilines is 2. The maximum Gasteiger partial charge on any atom is 0.276 e. The fourth-order valence-electron chi connectivity index (χ4n) is 1.85. The van der Waals surface area contributed by atoms with Crippen LogP contribution >= 0.6 is 0 Å². The predicted molar refractivity (Wildman–Crippen MR) is 66.1 cm³/mol. The van der Waals surface area contributed by atoms with Gasteiger partial charge in [0.25, 0.3) is 5.69 Å². The van der Waals surface area contributed by atoms with Gasteiger partial charge < -0.3 is 15.5 Å². The van der Waals surface area contributed by atoms with Gasteiger partial charge in [-0.15, -0.1) is 0 Å². The molecule has 0 unspecified atom stereocenters. The van der Waals surface area contributed by atoms with Gasteiger partial charge in [0.1, 0.15) is 11.6 Å². The molecule has 0 amide bonds. The van der Waals surface area contributed by atoms with E-state index in [-0.39, 0.29) is 23.7 Å². The number of methoxy groups -OCH3 is 1. The Bertz CT molecular complexity index is 447. The molecule has 8 nitrogen and oxygen atoms in total. The molecule has 1 aliphatic rings. The van der Waals surface area contributed by atoms with E-state index in [1.165, 1.54) is 12.1 Å². The first-order chi connectivity index (χ1) is 8.62. The molecule has 1 aromatic heterocycles. The fraction of sp³-hybridized carbons (Fsp3) is 0.500. The molecule has 0 aromatic carbocycles. The van der Waals surface area contributed by atoms with E-state index in [2.05, 4.69) is 15.7 Å². The van der Waals surface area contributed by atoms with Crippen LogP contribution < -0.4 is 16.6 Å². The van der Waals surface area contributed by atoms with Gasteiger partial charge in [-0.2, -0.15) is 0 Å². The Morgan fingerprint density at radius 3 is 2.72 bits per heavy atom. The topological polar surface area (TPSA) is 115 Å². The van der Waals surface area contributed by atoms with Gasteiger partial charge in [0.15, 0.2) is 0 Å². The Kier molecular flexibility index (Phi) is 3.58. The van der Waals surface area contributed by atoms with Crippen LogP contribution in [0.4, 0.5) is 17.3 Å². The molecule has 1 saturated carbocycles. The number of nitrogen functional groups attached to an aromatic ring is 1. The minimum Gasteiger partial charge on any atom is -0.381 e. The lowest BCUT2D eigenvalue weighted by Crippen LogP contribution is -2.40. The highest BCUT2D eigenvalue weighted by Crippen LogP contribution is 2.27. The number of nitrogens with one attached hydrogen (secondary N) is 2. The SMILES string of the molecule is COC1CC(Nc2cc([N+](=O)[O-])cc(NN)n2)C1. The molecule has 1 aliphatic carbocycles. The van der Waals surface area contributed by atoms with Crippen molar-refractivity contribution in [1.29, 1.82) is 0 Å². The molecule has 18 heavy (non-hydrogen) atoms. The van der Waals surface area contributed by atoms with Gasteiger partial charge >= 0.3 is 0 Å². The number of nitrogens with two attached hydrogens (primary N) is 1. The first-order valence-corrected chi connectivity index (χ1v) is 5.54. The number of rotatable bonds is 5. The smallest absolute Gasteiger partial charge is 0.276 e. The Morgan fingerprint density at radius 1 is 1.50 bits per heavy atom. The maximum absolute atomic E-state index is 10.8. The molecule has 0 spiro atoms. The lowest BCUT2D eigenvalue weighted by atomic mass is 9.89. The van der Waals surface area contributed by atoms with Crippen molar-refractivity contribution in [2.75, 3.05) is 17.9 Å². The monoisotopic (exact) mass is 253 g/mol. The van der Waals surface area contributed by atoms with Crippen molar-refractivity contribution in [3.8, 4) is 0 Å². The molecule has 8 heteroatoms. The summed E-state index contributed by atoms with van der Waals surface area (Å²) in [4.78, 5) is 14.4. The summed E-state index contributed by atoms with van der Waals surface area (Å²) in [6.07, 6.45) is 1.99. The summed E-state index contributed by atoms with van der Waals surface area (Å²) >= 11 is 0. The van der Waals surface area contributed by atoms with Crippen molar-refractivity contribution in [2.45, 2.75) is 25.0 Å². The van der Waals surface area contributed by atoms with Crippen molar-refractivity contribution in [1.82, 2.24) is 4.98 Å². The zero-order valence-corrected chi connectivity index (χ0v) is 9.92. The van der Waals surface area contributed by atoms with E-state index in [9.17, 15) is 10.1 Å². The van der Waals surface area contributed by atoms with Crippen LogP contribution in [0.5, 0.6) is 0 Å². The van der Waals surface area contributed by atoms with Crippen LogP contribution in [0.3, 0.4) is 0 Å². The van der Waals surface area contributed by atoms with Gasteiger partial charge in [0.2, 0.25) is 0 Å². The molecule has 0 bridgehead atoms. The van der Waals surface area contributed by atoms with Crippen molar-refractivity contribution < 1.29 is 9.66 Å². The van der Waals surface area contributed by atoms with Crippen molar-refractivity contribution >= 4 is 17.3 Å². The van der Waals surface area contributed by atoms with E-state index >= 15 is 0 Å². The Labute approximate surface area is 104 Å². The summed E-state index contributed by atoms with van der Waals surface area (Å²) < 4.78 is 5.16. The molecule has 0 saturated heterocycles. The quantitative estimate of drug-likeness (QED) is 0.405. The molecule has 4 N–H and O–H groups in total. The molecule has 2 rings (SSSR count). The van der Waals surface area contributed by atoms with Crippen molar-refractivity contribution in [3.63, 3.8) is 0 Å². The van der Waals surface area contributed by atoms with Crippen LogP contribution in [-0.2, 0) is 4.74 Å². The third kappa shape index (κ3) is 2.66. The molecule has 1 fully saturated rings. The minimum absolute atomic E-state index is 0.0527. The van der Waals surface area contributed by atoms with Crippen molar-refractivity contribution in [2.24, 2.45) is 5.84 Å². The van der Waals surface area contributed by atoms with Gasteiger partial charge in [-0.1, -0.05) is 0 Å². The normalized spacial score (nSPS) is 22.1. The second-order valence-corrected chi connectivity index (χ2v) is 4.17. The van der Waals surface area contributed by atoms with Crippen LogP contribution in [0.2, 0.25) is 0 Å². The molecular formula is C10H15N5O3. The van der Waals surface area contributed by atoms with E-state index in [1.54, 1.807) is 7.11 Å². The molecule has 1 heterocycles. The largest absolute Gasteiger partial charge is 0.381 e. The number of nitrogens with zero attached hydrogens (tertiary/aromatic N) is 2. The molecule has 0 atom stereocenters. The first kappa shape index (κ1) is 12.5. The standard InChI is InChI=1S/C10H15N5O3/c1-18-8-2-6(3-8)12-9-4-7(15(16)17)5-10(13-9)14-11/h4-6,8H,2-3,11H2,1H3,(H2,12,13,14). The number of pyridine rings is 1. The number of hydrogen-bond acceptors (Lipinski definition) is 7. The average molecular weight is 253 g/mol. The van der Waals surface area contributed by atoms with E-state index in [0.29, 0.717) is 5.82 Å². The molecule has 0 aliphatic heterocycles. The Morgan fingerprint density at radius 2 is 2.17 bits per heavy atom. The number of aromatic nitrogens is 1. The fourth-order valence-corrected chi connectivity index (χ4v) is 1.85. The summed E-state index contributed by atoms with van der Waals surface area (Å²) in [5.41, 5.74) is 2.26. The number of hydrazine groups is 1. The first-order valence-electron chi connectivity index (χ1n) is 5.54. The average Bonchev–Trinajstić information content (AvgIpc) is 2.32. The van der Waals surface area contributed by atoms with Crippen LogP contribution in [0.25, 0.3) is 0 Å². The van der Waals surface area contributed by atoms with Crippen LogP contribution in [0, 0.1) is 10.1 Å². The summed E-state index contributed by atoms with van der Waals surface area (Å²) in [7, 11) is 1.67. The third-order valence-electron chi connectivity index (χ3n) is 2.95. The lowest BCUT2D eigenvalue weighted by Gasteiger charge is -2.34. The van der Waals surface area contributed by atoms with Gasteiger partial charge in [-0.3, -0.25) is 10.1 Å². The number of hydrogen-bond donors (Lipinski definition) is 3. The Balaban J connectivity index is 2.08. The Hall–Kier alpha value is -1.93. The third-order valence-corrected chi connectivity index (χ3v) is 2.95. The highest BCUT2D eigenvalue weighted by Gasteiger charge is 2.29. The van der Waals surface area contributed by atoms with Crippen LogP contribution in [0.1, 0.15) is 12.8 Å². The number of ether oxygens (including phenoxy) is 1. The zero-order valence-electron chi connectivity index (χ0n) is 9.92. The zero-order chi connectivity index (χ0) is 13.1. The van der Waals surface area contributed by atoms with Crippen LogP contribution in [0.15, 0.2) is 12.1 Å².